The van der Waals surface area contributed by atoms with E-state index < -0.39 is 0 Å². The number of nitrogens with one attached hydrogen (secondary N) is 2. The summed E-state index contributed by atoms with van der Waals surface area (Å²) in [6, 6.07) is 10.7. The van der Waals surface area contributed by atoms with E-state index in [1.807, 2.05) is 6.07 Å². The molecule has 0 spiro atoms. The smallest absolute Gasteiger partial charge is 0.220 e. The molecule has 2 heterocycles. The molecule has 1 aromatic rings. The molecule has 5 nitrogen and oxygen atoms in total. The predicted octanol–water partition coefficient (Wildman–Crippen LogP) is 1.57. The van der Waals surface area contributed by atoms with E-state index in [1.165, 1.54) is 12.0 Å². The van der Waals surface area contributed by atoms with E-state index in [9.17, 15) is 4.79 Å². The highest BCUT2D eigenvalue weighted by atomic mass is 16.5. The zero-order valence-corrected chi connectivity index (χ0v) is 14.4. The van der Waals surface area contributed by atoms with Crippen molar-refractivity contribution >= 4 is 5.91 Å². The zero-order valence-electron chi connectivity index (χ0n) is 14.4. The SMILES string of the molecule is O=C(CCC1CCNC1)NCC(c1ccccc1)N1CCOCC1. The van der Waals surface area contributed by atoms with Gasteiger partial charge in [-0.1, -0.05) is 30.3 Å². The van der Waals surface area contributed by atoms with Gasteiger partial charge in [-0.05, 0) is 37.4 Å². The summed E-state index contributed by atoms with van der Waals surface area (Å²) in [6.07, 6.45) is 2.83. The summed E-state index contributed by atoms with van der Waals surface area (Å²) < 4.78 is 5.47. The lowest BCUT2D eigenvalue weighted by Gasteiger charge is -2.35. The fourth-order valence-electron chi connectivity index (χ4n) is 3.62. The van der Waals surface area contributed by atoms with Crippen molar-refractivity contribution in [3.8, 4) is 0 Å². The largest absolute Gasteiger partial charge is 0.379 e. The maximum Gasteiger partial charge on any atom is 0.220 e. The van der Waals surface area contributed by atoms with E-state index in [2.05, 4.69) is 39.8 Å². The topological polar surface area (TPSA) is 53.6 Å². The van der Waals surface area contributed by atoms with Crippen LogP contribution in [0.3, 0.4) is 0 Å². The molecule has 0 bridgehead atoms. The van der Waals surface area contributed by atoms with E-state index in [0.717, 1.165) is 45.8 Å². The van der Waals surface area contributed by atoms with Gasteiger partial charge in [-0.3, -0.25) is 9.69 Å². The molecule has 2 aliphatic rings. The first kappa shape index (κ1) is 17.4. The molecular weight excluding hydrogens is 302 g/mol. The summed E-state index contributed by atoms with van der Waals surface area (Å²) in [5.41, 5.74) is 1.26. The van der Waals surface area contributed by atoms with Crippen LogP contribution >= 0.6 is 0 Å². The molecular formula is C19H29N3O2. The Morgan fingerprint density at radius 2 is 2.08 bits per heavy atom. The minimum atomic E-state index is 0.177. The van der Waals surface area contributed by atoms with Crippen molar-refractivity contribution in [1.29, 1.82) is 0 Å². The Morgan fingerprint density at radius 3 is 2.79 bits per heavy atom. The van der Waals surface area contributed by atoms with E-state index >= 15 is 0 Å². The monoisotopic (exact) mass is 331 g/mol. The number of nitrogens with zero attached hydrogens (tertiary/aromatic N) is 1. The van der Waals surface area contributed by atoms with Crippen molar-refractivity contribution in [3.63, 3.8) is 0 Å². The molecule has 1 aromatic carbocycles. The van der Waals surface area contributed by atoms with Gasteiger partial charge in [0.1, 0.15) is 0 Å². The highest BCUT2D eigenvalue weighted by Crippen LogP contribution is 2.21. The number of ether oxygens (including phenoxy) is 1. The molecule has 2 fully saturated rings. The second kappa shape index (κ2) is 9.16. The number of morpholine rings is 1. The zero-order chi connectivity index (χ0) is 16.6. The third-order valence-corrected chi connectivity index (χ3v) is 5.11. The first-order valence-corrected chi connectivity index (χ1v) is 9.17. The van der Waals surface area contributed by atoms with Gasteiger partial charge in [0.05, 0.1) is 19.3 Å². The minimum absolute atomic E-state index is 0.177. The molecule has 132 valence electrons. The first-order valence-electron chi connectivity index (χ1n) is 9.17. The van der Waals surface area contributed by atoms with E-state index in [1.54, 1.807) is 0 Å². The number of hydrogen-bond acceptors (Lipinski definition) is 4. The van der Waals surface area contributed by atoms with Gasteiger partial charge in [0, 0.05) is 26.1 Å². The lowest BCUT2D eigenvalue weighted by Crippen LogP contribution is -2.43. The summed E-state index contributed by atoms with van der Waals surface area (Å²) in [6.45, 7) is 6.21. The summed E-state index contributed by atoms with van der Waals surface area (Å²) >= 11 is 0. The van der Waals surface area contributed by atoms with Crippen molar-refractivity contribution in [2.75, 3.05) is 45.9 Å². The lowest BCUT2D eigenvalue weighted by atomic mass is 10.0. The molecule has 0 aromatic heterocycles. The average molecular weight is 331 g/mol. The van der Waals surface area contributed by atoms with Crippen LogP contribution in [0.25, 0.3) is 0 Å². The molecule has 0 aliphatic carbocycles. The Balaban J connectivity index is 1.52. The predicted molar refractivity (Wildman–Crippen MR) is 94.8 cm³/mol. The summed E-state index contributed by atoms with van der Waals surface area (Å²) in [7, 11) is 0. The van der Waals surface area contributed by atoms with Crippen LogP contribution < -0.4 is 10.6 Å². The fraction of sp³-hybridized carbons (Fsp3) is 0.632. The molecule has 3 rings (SSSR count). The minimum Gasteiger partial charge on any atom is -0.379 e. The van der Waals surface area contributed by atoms with Crippen LogP contribution in [0.2, 0.25) is 0 Å². The van der Waals surface area contributed by atoms with Gasteiger partial charge >= 0.3 is 0 Å². The normalized spacial score (nSPS) is 23.1. The molecule has 0 radical (unpaired) electrons. The number of carbonyl (C=O) groups is 1. The second-order valence-electron chi connectivity index (χ2n) is 6.78. The average Bonchev–Trinajstić information content (AvgIpc) is 3.16. The molecule has 24 heavy (non-hydrogen) atoms. The van der Waals surface area contributed by atoms with Crippen LogP contribution in [-0.2, 0) is 9.53 Å². The fourth-order valence-corrected chi connectivity index (χ4v) is 3.62. The Kier molecular flexibility index (Phi) is 6.64. The highest BCUT2D eigenvalue weighted by molar-refractivity contribution is 5.75. The van der Waals surface area contributed by atoms with Crippen LogP contribution in [-0.4, -0.2) is 56.7 Å². The van der Waals surface area contributed by atoms with Gasteiger partial charge in [-0.25, -0.2) is 0 Å². The Bertz CT molecular complexity index is 497. The number of hydrogen-bond donors (Lipinski definition) is 2. The maximum absolute atomic E-state index is 12.2. The van der Waals surface area contributed by atoms with Crippen molar-refractivity contribution < 1.29 is 9.53 Å². The van der Waals surface area contributed by atoms with Crippen LogP contribution in [0.4, 0.5) is 0 Å². The van der Waals surface area contributed by atoms with Crippen molar-refractivity contribution in [2.45, 2.75) is 25.3 Å². The van der Waals surface area contributed by atoms with E-state index in [0.29, 0.717) is 18.9 Å². The number of rotatable bonds is 7. The highest BCUT2D eigenvalue weighted by Gasteiger charge is 2.23. The lowest BCUT2D eigenvalue weighted by molar-refractivity contribution is -0.121. The van der Waals surface area contributed by atoms with Crippen LogP contribution in [0, 0.1) is 5.92 Å². The molecule has 2 unspecified atom stereocenters. The number of amides is 1. The third-order valence-electron chi connectivity index (χ3n) is 5.11. The Hall–Kier alpha value is -1.43. The summed E-state index contributed by atoms with van der Waals surface area (Å²) in [5.74, 6) is 0.844. The van der Waals surface area contributed by atoms with Gasteiger partial charge in [-0.15, -0.1) is 0 Å². The van der Waals surface area contributed by atoms with Gasteiger partial charge in [0.25, 0.3) is 0 Å². The van der Waals surface area contributed by atoms with Gasteiger partial charge in [0.15, 0.2) is 0 Å². The molecule has 1 amide bonds. The summed E-state index contributed by atoms with van der Waals surface area (Å²) in [4.78, 5) is 14.7. The van der Waals surface area contributed by atoms with Crippen LogP contribution in [0.1, 0.15) is 30.9 Å². The van der Waals surface area contributed by atoms with Crippen LogP contribution in [0.15, 0.2) is 30.3 Å². The van der Waals surface area contributed by atoms with E-state index in [-0.39, 0.29) is 11.9 Å². The number of benzene rings is 1. The van der Waals surface area contributed by atoms with Gasteiger partial charge in [-0.2, -0.15) is 0 Å². The maximum atomic E-state index is 12.2. The van der Waals surface area contributed by atoms with Gasteiger partial charge in [0.2, 0.25) is 5.91 Å². The third kappa shape index (κ3) is 5.03. The first-order chi connectivity index (χ1) is 11.8. The second-order valence-corrected chi connectivity index (χ2v) is 6.78. The van der Waals surface area contributed by atoms with Crippen molar-refractivity contribution in [3.05, 3.63) is 35.9 Å². The van der Waals surface area contributed by atoms with E-state index in [4.69, 9.17) is 4.74 Å². The van der Waals surface area contributed by atoms with Crippen LogP contribution in [0.5, 0.6) is 0 Å². The Morgan fingerprint density at radius 1 is 1.29 bits per heavy atom. The molecule has 5 heteroatoms. The van der Waals surface area contributed by atoms with Gasteiger partial charge < -0.3 is 15.4 Å². The standard InChI is InChI=1S/C19H29N3O2/c23-19(7-6-16-8-9-20-14-16)21-15-18(17-4-2-1-3-5-17)22-10-12-24-13-11-22/h1-5,16,18,20H,6-15H2,(H,21,23). The molecule has 2 saturated heterocycles. The summed E-state index contributed by atoms with van der Waals surface area (Å²) in [5, 5.41) is 6.52. The van der Waals surface area contributed by atoms with Crippen molar-refractivity contribution in [1.82, 2.24) is 15.5 Å². The van der Waals surface area contributed by atoms with Crippen molar-refractivity contribution in [2.24, 2.45) is 5.92 Å². The number of carbonyl (C=O) groups excluding carboxylic acids is 1. The molecule has 2 N–H and O–H groups in total. The Labute approximate surface area is 144 Å². The molecule has 0 saturated carbocycles. The molecule has 2 aliphatic heterocycles. The quantitative estimate of drug-likeness (QED) is 0.796. The molecule has 2 atom stereocenters.